The van der Waals surface area contributed by atoms with Crippen molar-refractivity contribution in [1.29, 1.82) is 0 Å². The monoisotopic (exact) mass is 578 g/mol. The Hall–Kier alpha value is -3.05. The summed E-state index contributed by atoms with van der Waals surface area (Å²) in [6, 6.07) is 14.2. The molecule has 212 valence electrons. The summed E-state index contributed by atoms with van der Waals surface area (Å²) in [5.41, 5.74) is 6.26. The first kappa shape index (κ1) is 32.2. The number of piperidine rings is 1. The average Bonchev–Trinajstić information content (AvgIpc) is 3.12. The predicted octanol–water partition coefficient (Wildman–Crippen LogP) is 1.95. The van der Waals surface area contributed by atoms with E-state index in [1.807, 2.05) is 48.5 Å². The topological polar surface area (TPSA) is 130 Å². The average molecular weight is 580 g/mol. The molecule has 1 fully saturated rings. The molecule has 0 unspecified atom stereocenters. The minimum Gasteiger partial charge on any atom is -0.374 e. The number of likely N-dealkylation sites (tertiary alicyclic amines) is 1. The lowest BCUT2D eigenvalue weighted by Gasteiger charge is -2.40. The number of hydrogen-bond donors (Lipinski definition) is 2. The maximum Gasteiger partial charge on any atom is 0.256 e. The van der Waals surface area contributed by atoms with Gasteiger partial charge in [0, 0.05) is 44.9 Å². The summed E-state index contributed by atoms with van der Waals surface area (Å²) in [7, 11) is 1.63. The molecule has 2 aliphatic rings. The molecule has 10 nitrogen and oxygen atoms in total. The number of amides is 3. The molecule has 1 aromatic carbocycles. The van der Waals surface area contributed by atoms with Crippen LogP contribution in [-0.4, -0.2) is 76.7 Å². The van der Waals surface area contributed by atoms with Crippen LogP contribution in [0.4, 0.5) is 0 Å². The van der Waals surface area contributed by atoms with Crippen LogP contribution in [-0.2, 0) is 32.1 Å². The first-order valence-corrected chi connectivity index (χ1v) is 12.4. The number of rotatable bonds is 9. The van der Waals surface area contributed by atoms with Crippen LogP contribution in [0.25, 0.3) is 0 Å². The van der Waals surface area contributed by atoms with Crippen molar-refractivity contribution in [2.45, 2.75) is 44.9 Å². The third kappa shape index (κ3) is 7.33. The van der Waals surface area contributed by atoms with Gasteiger partial charge in [0.1, 0.15) is 11.5 Å². The van der Waals surface area contributed by atoms with Gasteiger partial charge in [-0.3, -0.25) is 19.4 Å². The van der Waals surface area contributed by atoms with E-state index >= 15 is 0 Å². The zero-order valence-corrected chi connectivity index (χ0v) is 24.0. The number of benzene rings is 1. The molecule has 0 saturated carbocycles. The number of hydrogen-bond acceptors (Lipinski definition) is 7. The SMILES string of the molecule is CN1N=C2CCN(C(=O)[C@@H](COCc3ccccc3)NC(=O)C(C)(C)N)C[C@@]2(Cc2ccccn2)C1=O.Cl.Cl. The highest BCUT2D eigenvalue weighted by molar-refractivity contribution is 6.13. The standard InChI is InChI=1S/C27H34N6O4.2ClH/c1-26(2,28)24(35)30-21(17-37-16-19-9-5-4-6-10-19)23(34)33-14-12-22-27(18-33,25(36)32(3)31-22)15-20-11-7-8-13-29-20;;/h4-11,13,21H,12,14-18,28H2,1-3H3,(H,30,35);2*1H/t21-,27-;;/m1../s1. The van der Waals surface area contributed by atoms with Crippen LogP contribution in [0.1, 0.15) is 31.5 Å². The Morgan fingerprint density at radius 2 is 1.85 bits per heavy atom. The molecule has 2 aliphatic heterocycles. The number of hydrazone groups is 1. The third-order valence-corrected chi connectivity index (χ3v) is 6.71. The van der Waals surface area contributed by atoms with Gasteiger partial charge in [-0.1, -0.05) is 36.4 Å². The number of nitrogens with two attached hydrogens (primary N) is 1. The minimum absolute atomic E-state index is 0. The molecule has 0 radical (unpaired) electrons. The number of aromatic nitrogens is 1. The summed E-state index contributed by atoms with van der Waals surface area (Å²) >= 11 is 0. The van der Waals surface area contributed by atoms with Crippen LogP contribution in [0.2, 0.25) is 0 Å². The second-order valence-electron chi connectivity index (χ2n) is 10.2. The van der Waals surface area contributed by atoms with Crippen molar-refractivity contribution >= 4 is 48.2 Å². The highest BCUT2D eigenvalue weighted by Crippen LogP contribution is 2.38. The summed E-state index contributed by atoms with van der Waals surface area (Å²) in [6.07, 6.45) is 2.46. The smallest absolute Gasteiger partial charge is 0.256 e. The summed E-state index contributed by atoms with van der Waals surface area (Å²) < 4.78 is 5.84. The zero-order chi connectivity index (χ0) is 26.6. The van der Waals surface area contributed by atoms with Gasteiger partial charge in [-0.2, -0.15) is 5.10 Å². The minimum atomic E-state index is -1.18. The van der Waals surface area contributed by atoms with E-state index in [1.165, 1.54) is 5.01 Å². The second kappa shape index (κ2) is 13.3. The molecule has 39 heavy (non-hydrogen) atoms. The molecule has 2 atom stereocenters. The van der Waals surface area contributed by atoms with Crippen molar-refractivity contribution in [3.05, 3.63) is 66.0 Å². The number of fused-ring (bicyclic) bond motifs is 1. The highest BCUT2D eigenvalue weighted by Gasteiger charge is 2.54. The lowest BCUT2D eigenvalue weighted by Crippen LogP contribution is -2.61. The Labute approximate surface area is 241 Å². The molecule has 3 heterocycles. The number of pyridine rings is 1. The molecule has 0 aliphatic carbocycles. The zero-order valence-electron chi connectivity index (χ0n) is 22.3. The highest BCUT2D eigenvalue weighted by atomic mass is 35.5. The maximum atomic E-state index is 13.8. The normalized spacial score (nSPS) is 19.3. The van der Waals surface area contributed by atoms with E-state index in [9.17, 15) is 14.4 Å². The fraction of sp³-hybridized carbons (Fsp3) is 0.444. The van der Waals surface area contributed by atoms with Gasteiger partial charge in [-0.25, -0.2) is 5.01 Å². The van der Waals surface area contributed by atoms with Crippen molar-refractivity contribution in [3.63, 3.8) is 0 Å². The van der Waals surface area contributed by atoms with Gasteiger partial charge in [0.25, 0.3) is 5.91 Å². The lowest BCUT2D eigenvalue weighted by molar-refractivity contribution is -0.143. The third-order valence-electron chi connectivity index (χ3n) is 6.71. The molecular formula is C27H36Cl2N6O4. The molecule has 12 heteroatoms. The molecule has 1 aromatic heterocycles. The number of nitrogens with one attached hydrogen (secondary N) is 1. The van der Waals surface area contributed by atoms with Gasteiger partial charge in [-0.05, 0) is 31.5 Å². The Morgan fingerprint density at radius 3 is 2.49 bits per heavy atom. The van der Waals surface area contributed by atoms with Gasteiger partial charge in [-0.15, -0.1) is 24.8 Å². The summed E-state index contributed by atoms with van der Waals surface area (Å²) in [5.74, 6) is -0.963. The lowest BCUT2D eigenvalue weighted by atomic mass is 9.74. The first-order valence-electron chi connectivity index (χ1n) is 12.4. The summed E-state index contributed by atoms with van der Waals surface area (Å²) in [5, 5.41) is 8.60. The second-order valence-corrected chi connectivity index (χ2v) is 10.2. The quantitative estimate of drug-likeness (QED) is 0.467. The van der Waals surface area contributed by atoms with Crippen LogP contribution in [0.15, 0.2) is 59.8 Å². The van der Waals surface area contributed by atoms with E-state index in [4.69, 9.17) is 10.5 Å². The van der Waals surface area contributed by atoms with Gasteiger partial charge in [0.2, 0.25) is 11.8 Å². The predicted molar refractivity (Wildman–Crippen MR) is 153 cm³/mol. The van der Waals surface area contributed by atoms with E-state index in [1.54, 1.807) is 32.0 Å². The number of carbonyl (C=O) groups is 3. The van der Waals surface area contributed by atoms with Gasteiger partial charge in [0.15, 0.2) is 0 Å². The molecule has 0 spiro atoms. The summed E-state index contributed by atoms with van der Waals surface area (Å²) in [6.45, 7) is 3.92. The fourth-order valence-electron chi connectivity index (χ4n) is 4.69. The van der Waals surface area contributed by atoms with Gasteiger partial charge >= 0.3 is 0 Å². The Morgan fingerprint density at radius 1 is 1.15 bits per heavy atom. The van der Waals surface area contributed by atoms with E-state index < -0.39 is 22.9 Å². The van der Waals surface area contributed by atoms with Crippen LogP contribution in [0.3, 0.4) is 0 Å². The molecule has 4 rings (SSSR count). The number of ether oxygens (including phenoxy) is 1. The number of carbonyl (C=O) groups excluding carboxylic acids is 3. The first-order chi connectivity index (χ1) is 17.6. The largest absolute Gasteiger partial charge is 0.374 e. The fourth-order valence-corrected chi connectivity index (χ4v) is 4.69. The van der Waals surface area contributed by atoms with Crippen LogP contribution in [0, 0.1) is 5.41 Å². The van der Waals surface area contributed by atoms with E-state index in [2.05, 4.69) is 15.4 Å². The van der Waals surface area contributed by atoms with Crippen molar-refractivity contribution in [2.24, 2.45) is 16.3 Å². The van der Waals surface area contributed by atoms with Crippen LogP contribution >= 0.6 is 24.8 Å². The Kier molecular flexibility index (Phi) is 11.0. The van der Waals surface area contributed by atoms with Crippen LogP contribution in [0.5, 0.6) is 0 Å². The molecule has 3 N–H and O–H groups in total. The Bertz CT molecular complexity index is 1180. The molecule has 2 aromatic rings. The van der Waals surface area contributed by atoms with Crippen LogP contribution < -0.4 is 11.1 Å². The van der Waals surface area contributed by atoms with Crippen molar-refractivity contribution < 1.29 is 19.1 Å². The van der Waals surface area contributed by atoms with E-state index in [0.717, 1.165) is 17.0 Å². The molecular weight excluding hydrogens is 543 g/mol. The van der Waals surface area contributed by atoms with Crippen molar-refractivity contribution in [1.82, 2.24) is 20.2 Å². The van der Waals surface area contributed by atoms with Gasteiger partial charge < -0.3 is 20.7 Å². The van der Waals surface area contributed by atoms with Crippen molar-refractivity contribution in [3.8, 4) is 0 Å². The maximum absolute atomic E-state index is 13.8. The molecule has 3 amide bonds. The van der Waals surface area contributed by atoms with E-state index in [-0.39, 0.29) is 56.4 Å². The number of nitrogens with zero attached hydrogens (tertiary/aromatic N) is 4. The Balaban J connectivity index is 0.00000267. The number of halogens is 2. The molecule has 0 bridgehead atoms. The summed E-state index contributed by atoms with van der Waals surface area (Å²) in [4.78, 5) is 45.9. The molecule has 1 saturated heterocycles. The van der Waals surface area contributed by atoms with E-state index in [0.29, 0.717) is 19.4 Å². The van der Waals surface area contributed by atoms with Crippen molar-refractivity contribution in [2.75, 3.05) is 26.7 Å². The van der Waals surface area contributed by atoms with Gasteiger partial charge in [0.05, 0.1) is 24.5 Å².